The lowest BCUT2D eigenvalue weighted by Gasteiger charge is -2.27. The van der Waals surface area contributed by atoms with Gasteiger partial charge in [-0.05, 0) is 17.7 Å². The maximum Gasteiger partial charge on any atom is 0.318 e. The van der Waals surface area contributed by atoms with Gasteiger partial charge in [-0.15, -0.1) is 0 Å². The van der Waals surface area contributed by atoms with Crippen LogP contribution >= 0.6 is 16.5 Å². The number of benzene rings is 1. The molecule has 1 aromatic carbocycles. The van der Waals surface area contributed by atoms with Gasteiger partial charge >= 0.3 is 16.5 Å². The lowest BCUT2D eigenvalue weighted by atomic mass is 9.96. The van der Waals surface area contributed by atoms with Gasteiger partial charge in [-0.25, -0.2) is 4.39 Å². The molecule has 0 saturated carbocycles. The van der Waals surface area contributed by atoms with Crippen LogP contribution in [0.4, 0.5) is 4.39 Å². The summed E-state index contributed by atoms with van der Waals surface area (Å²) in [5.41, 5.74) is -1.01. The first-order valence-electron chi connectivity index (χ1n) is 6.27. The Morgan fingerprint density at radius 1 is 1.05 bits per heavy atom. The van der Waals surface area contributed by atoms with Gasteiger partial charge in [-0.1, -0.05) is 12.1 Å². The maximum absolute atomic E-state index is 12.9. The van der Waals surface area contributed by atoms with Gasteiger partial charge < -0.3 is 23.2 Å². The van der Waals surface area contributed by atoms with E-state index < -0.39 is 27.9 Å². The van der Waals surface area contributed by atoms with Crippen molar-refractivity contribution in [3.05, 3.63) is 35.6 Å². The summed E-state index contributed by atoms with van der Waals surface area (Å²) in [6.07, 6.45) is 0.0189. The van der Waals surface area contributed by atoms with Crippen molar-refractivity contribution >= 4 is 16.5 Å². The molecule has 10 heteroatoms. The fourth-order valence-corrected chi connectivity index (χ4v) is 2.64. The number of halogens is 1. The van der Waals surface area contributed by atoms with Crippen molar-refractivity contribution in [2.24, 2.45) is 0 Å². The number of aliphatic hydroxyl groups is 1. The van der Waals surface area contributed by atoms with E-state index in [1.54, 1.807) is 0 Å². The van der Waals surface area contributed by atoms with Crippen LogP contribution in [0.1, 0.15) is 5.56 Å². The van der Waals surface area contributed by atoms with Gasteiger partial charge in [0.25, 0.3) is 0 Å². The molecular weight excluding hydrogens is 337 g/mol. The molecule has 0 bridgehead atoms. The third kappa shape index (κ3) is 7.11. The van der Waals surface area contributed by atoms with Crippen molar-refractivity contribution in [2.45, 2.75) is 12.0 Å². The SMILES string of the molecule is CO[PH](=O)OCC(O)(CO[PH](=O)OC)Cc1ccc(F)cc1. The molecule has 7 nitrogen and oxygen atoms in total. The Bertz CT molecular complexity index is 489. The van der Waals surface area contributed by atoms with Gasteiger partial charge in [0, 0.05) is 20.6 Å². The second kappa shape index (κ2) is 9.53. The Balaban J connectivity index is 2.76. The highest BCUT2D eigenvalue weighted by molar-refractivity contribution is 7.33. The summed E-state index contributed by atoms with van der Waals surface area (Å²) in [5, 5.41) is 10.5. The van der Waals surface area contributed by atoms with Crippen LogP contribution in [0.15, 0.2) is 24.3 Å². The van der Waals surface area contributed by atoms with Crippen molar-refractivity contribution in [2.75, 3.05) is 27.4 Å². The van der Waals surface area contributed by atoms with Crippen LogP contribution in [0, 0.1) is 5.82 Å². The van der Waals surface area contributed by atoms with Gasteiger partial charge in [0.05, 0.1) is 13.2 Å². The van der Waals surface area contributed by atoms with Crippen LogP contribution < -0.4 is 0 Å². The summed E-state index contributed by atoms with van der Waals surface area (Å²) < 4.78 is 54.1. The van der Waals surface area contributed by atoms with Crippen LogP contribution in [0.2, 0.25) is 0 Å². The van der Waals surface area contributed by atoms with Crippen LogP contribution in [0.25, 0.3) is 0 Å². The number of rotatable bonds is 10. The molecule has 0 spiro atoms. The molecule has 1 rings (SSSR count). The minimum Gasteiger partial charge on any atom is -0.385 e. The highest BCUT2D eigenvalue weighted by atomic mass is 31.1. The molecule has 22 heavy (non-hydrogen) atoms. The van der Waals surface area contributed by atoms with E-state index in [0.29, 0.717) is 5.56 Å². The van der Waals surface area contributed by atoms with Gasteiger partial charge in [-0.3, -0.25) is 9.13 Å². The molecule has 1 aromatic rings. The van der Waals surface area contributed by atoms with Crippen LogP contribution in [0.5, 0.6) is 0 Å². The Morgan fingerprint density at radius 2 is 1.50 bits per heavy atom. The molecular formula is C12H19FO7P2. The summed E-state index contributed by atoms with van der Waals surface area (Å²) in [4.78, 5) is 0. The first-order valence-corrected chi connectivity index (χ1v) is 8.72. The molecule has 2 atom stereocenters. The summed E-state index contributed by atoms with van der Waals surface area (Å²) in [6.45, 7) is -0.732. The second-order valence-corrected chi connectivity index (χ2v) is 6.91. The van der Waals surface area contributed by atoms with Crippen molar-refractivity contribution in [1.29, 1.82) is 0 Å². The summed E-state index contributed by atoms with van der Waals surface area (Å²) in [6, 6.07) is 5.46. The first kappa shape index (κ1) is 19.5. The highest BCUT2D eigenvalue weighted by Crippen LogP contribution is 2.29. The first-order chi connectivity index (χ1) is 10.4. The lowest BCUT2D eigenvalue weighted by molar-refractivity contribution is -0.0413. The Hall–Kier alpha value is -0.590. The van der Waals surface area contributed by atoms with Crippen LogP contribution in [0.3, 0.4) is 0 Å². The number of hydrogen-bond donors (Lipinski definition) is 1. The Morgan fingerprint density at radius 3 is 1.91 bits per heavy atom. The fourth-order valence-electron chi connectivity index (χ4n) is 1.63. The normalized spacial score (nSPS) is 16.9. The molecule has 0 aromatic heterocycles. The van der Waals surface area contributed by atoms with E-state index in [1.165, 1.54) is 38.5 Å². The fraction of sp³-hybridized carbons (Fsp3) is 0.500. The van der Waals surface area contributed by atoms with E-state index in [1.807, 2.05) is 0 Å². The number of hydrogen-bond acceptors (Lipinski definition) is 7. The molecule has 0 aliphatic carbocycles. The van der Waals surface area contributed by atoms with Gasteiger partial charge in [0.2, 0.25) is 0 Å². The minimum absolute atomic E-state index is 0.0189. The molecule has 0 aliphatic heterocycles. The zero-order valence-corrected chi connectivity index (χ0v) is 14.2. The minimum atomic E-state index is -2.73. The van der Waals surface area contributed by atoms with E-state index in [9.17, 15) is 18.6 Å². The van der Waals surface area contributed by atoms with Crippen molar-refractivity contribution in [3.63, 3.8) is 0 Å². The monoisotopic (exact) mass is 356 g/mol. The average molecular weight is 356 g/mol. The third-order valence-electron chi connectivity index (χ3n) is 2.70. The Kier molecular flexibility index (Phi) is 8.43. The molecule has 0 amide bonds. The van der Waals surface area contributed by atoms with E-state index in [4.69, 9.17) is 9.05 Å². The van der Waals surface area contributed by atoms with Gasteiger partial charge in [0.1, 0.15) is 11.4 Å². The molecule has 126 valence electrons. The lowest BCUT2D eigenvalue weighted by Crippen LogP contribution is -2.40. The zero-order chi connectivity index (χ0) is 16.6. The maximum atomic E-state index is 12.9. The summed E-state index contributed by atoms with van der Waals surface area (Å²) in [5.74, 6) is -0.409. The van der Waals surface area contributed by atoms with Gasteiger partial charge in [-0.2, -0.15) is 0 Å². The van der Waals surface area contributed by atoms with E-state index in [-0.39, 0.29) is 19.6 Å². The van der Waals surface area contributed by atoms with E-state index in [2.05, 4.69) is 9.05 Å². The summed E-state index contributed by atoms with van der Waals surface area (Å²) in [7, 11) is -3.04. The largest absolute Gasteiger partial charge is 0.385 e. The molecule has 0 saturated heterocycles. The average Bonchev–Trinajstić information content (AvgIpc) is 2.52. The molecule has 0 aliphatic rings. The molecule has 1 N–H and O–H groups in total. The van der Waals surface area contributed by atoms with E-state index in [0.717, 1.165) is 0 Å². The zero-order valence-electron chi connectivity index (χ0n) is 12.2. The molecule has 0 radical (unpaired) electrons. The predicted molar refractivity (Wildman–Crippen MR) is 79.0 cm³/mol. The summed E-state index contributed by atoms with van der Waals surface area (Å²) >= 11 is 0. The smallest absolute Gasteiger partial charge is 0.318 e. The topological polar surface area (TPSA) is 91.3 Å². The van der Waals surface area contributed by atoms with Crippen molar-refractivity contribution < 1.29 is 36.7 Å². The van der Waals surface area contributed by atoms with Crippen molar-refractivity contribution in [3.8, 4) is 0 Å². The molecule has 0 heterocycles. The van der Waals surface area contributed by atoms with Crippen LogP contribution in [-0.4, -0.2) is 38.1 Å². The second-order valence-electron chi connectivity index (χ2n) is 4.51. The Labute approximate surface area is 129 Å². The highest BCUT2D eigenvalue weighted by Gasteiger charge is 2.30. The molecule has 2 unspecified atom stereocenters. The quantitative estimate of drug-likeness (QED) is 0.643. The standard InChI is InChI=1S/C12H19FO7P2/c1-17-21(15)19-8-12(14,9-20-22(16)18-2)7-10-3-5-11(13)6-4-10/h3-6,14,21-22H,7-9H2,1-2H3. The predicted octanol–water partition coefficient (Wildman–Crippen LogP) is 2.20. The van der Waals surface area contributed by atoms with Gasteiger partial charge in [0.15, 0.2) is 0 Å². The third-order valence-corrected chi connectivity index (χ3v) is 4.12. The van der Waals surface area contributed by atoms with Crippen LogP contribution in [-0.2, 0) is 33.6 Å². The van der Waals surface area contributed by atoms with Crippen molar-refractivity contribution in [1.82, 2.24) is 0 Å². The molecule has 0 fully saturated rings. The van der Waals surface area contributed by atoms with E-state index >= 15 is 0 Å².